The highest BCUT2D eigenvalue weighted by Crippen LogP contribution is 2.40. The number of carbonyl (C=O) groups is 1. The minimum absolute atomic E-state index is 0.0881. The van der Waals surface area contributed by atoms with E-state index >= 15 is 0 Å². The molecule has 156 valence electrons. The second kappa shape index (κ2) is 7.75. The number of halogens is 1. The first-order valence-electron chi connectivity index (χ1n) is 9.08. The van der Waals surface area contributed by atoms with Crippen molar-refractivity contribution in [2.24, 2.45) is 0 Å². The van der Waals surface area contributed by atoms with Crippen molar-refractivity contribution in [3.05, 3.63) is 49.6 Å². The molecule has 3 heterocycles. The third-order valence-corrected chi connectivity index (χ3v) is 5.30. The summed E-state index contributed by atoms with van der Waals surface area (Å²) >= 11 is 5.72. The molecule has 4 atom stereocenters. The molecule has 2 fully saturated rings. The van der Waals surface area contributed by atoms with E-state index in [1.165, 1.54) is 0 Å². The fourth-order valence-corrected chi connectivity index (χ4v) is 3.35. The predicted molar refractivity (Wildman–Crippen MR) is 97.8 cm³/mol. The molecular weight excluding hydrogens is 408 g/mol. The maximum Gasteiger partial charge on any atom is 0.328 e. The maximum absolute atomic E-state index is 12.3. The van der Waals surface area contributed by atoms with Crippen molar-refractivity contribution in [1.29, 1.82) is 0 Å². The van der Waals surface area contributed by atoms with E-state index in [2.05, 4.69) is 10.5 Å². The van der Waals surface area contributed by atoms with Crippen LogP contribution >= 0.6 is 11.6 Å². The van der Waals surface area contributed by atoms with Crippen LogP contribution in [-0.2, 0) is 11.3 Å². The highest BCUT2D eigenvalue weighted by Gasteiger charge is 2.40. The fourth-order valence-electron chi connectivity index (χ4n) is 3.18. The second-order valence-electron chi connectivity index (χ2n) is 7.21. The number of aliphatic hydroxyl groups is 2. The third kappa shape index (κ3) is 4.13. The molecule has 0 radical (unpaired) electrons. The number of hydrogen-bond donors (Lipinski definition) is 4. The van der Waals surface area contributed by atoms with Gasteiger partial charge in [0, 0.05) is 18.2 Å². The van der Waals surface area contributed by atoms with Crippen LogP contribution in [0.25, 0.3) is 0 Å². The maximum atomic E-state index is 12.3. The van der Waals surface area contributed by atoms with Crippen LogP contribution in [0.3, 0.4) is 0 Å². The number of nitrogens with one attached hydrogen (secondary N) is 2. The first-order valence-corrected chi connectivity index (χ1v) is 9.45. The summed E-state index contributed by atoms with van der Waals surface area (Å²) in [5, 5.41) is 26.9. The van der Waals surface area contributed by atoms with Gasteiger partial charge in [-0.05, 0) is 12.8 Å². The molecule has 2 aliphatic rings. The summed E-state index contributed by atoms with van der Waals surface area (Å²) in [7, 11) is 0. The Morgan fingerprint density at radius 2 is 2.10 bits per heavy atom. The largest absolute Gasteiger partial charge is 0.388 e. The Balaban J connectivity index is 1.39. The molecule has 1 amide bonds. The number of H-pyrrole nitrogens is 1. The van der Waals surface area contributed by atoms with Crippen LogP contribution < -0.4 is 16.6 Å². The lowest BCUT2D eigenvalue weighted by Crippen LogP contribution is -2.60. The molecule has 1 aliphatic carbocycles. The zero-order chi connectivity index (χ0) is 20.7. The average Bonchev–Trinajstić information content (AvgIpc) is 3.42. The summed E-state index contributed by atoms with van der Waals surface area (Å²) < 4.78 is 11.7. The smallest absolute Gasteiger partial charge is 0.328 e. The Kier molecular flexibility index (Phi) is 5.30. The number of rotatable bonds is 5. The molecule has 1 saturated heterocycles. The van der Waals surface area contributed by atoms with Gasteiger partial charge < -0.3 is 24.8 Å². The monoisotopic (exact) mass is 426 g/mol. The molecule has 0 unspecified atom stereocenters. The first-order chi connectivity index (χ1) is 13.8. The van der Waals surface area contributed by atoms with Gasteiger partial charge in [0.25, 0.3) is 11.5 Å². The van der Waals surface area contributed by atoms with Crippen molar-refractivity contribution in [2.45, 2.75) is 49.7 Å². The van der Waals surface area contributed by atoms with E-state index in [1.807, 2.05) is 4.98 Å². The zero-order valence-corrected chi connectivity index (χ0v) is 15.8. The van der Waals surface area contributed by atoms with Crippen molar-refractivity contribution in [3.8, 4) is 0 Å². The first kappa shape index (κ1) is 19.8. The molecule has 2 aromatic heterocycles. The SMILES string of the molecule is O=C(N[C@@H]1CO[C@H](Cn2cc(Cl)c(=O)[nH]c2=O)[C@@H](O)[C@H]1O)c1cc(C2CC2)on1. The Labute approximate surface area is 168 Å². The summed E-state index contributed by atoms with van der Waals surface area (Å²) in [5.41, 5.74) is -1.36. The van der Waals surface area contributed by atoms with Crippen LogP contribution in [-0.4, -0.2) is 61.8 Å². The number of amides is 1. The summed E-state index contributed by atoms with van der Waals surface area (Å²) in [6.07, 6.45) is -0.564. The van der Waals surface area contributed by atoms with E-state index < -0.39 is 41.5 Å². The van der Waals surface area contributed by atoms with E-state index in [9.17, 15) is 24.6 Å². The summed E-state index contributed by atoms with van der Waals surface area (Å²) in [6.45, 7) is -0.254. The van der Waals surface area contributed by atoms with Gasteiger partial charge in [-0.3, -0.25) is 19.1 Å². The van der Waals surface area contributed by atoms with E-state index in [0.717, 1.165) is 23.6 Å². The molecule has 12 heteroatoms. The van der Waals surface area contributed by atoms with Gasteiger partial charge in [0.15, 0.2) is 5.69 Å². The number of aliphatic hydroxyl groups excluding tert-OH is 2. The molecule has 4 N–H and O–H groups in total. The number of carbonyl (C=O) groups excluding carboxylic acids is 1. The lowest BCUT2D eigenvalue weighted by Gasteiger charge is -2.37. The van der Waals surface area contributed by atoms with Crippen molar-refractivity contribution < 1.29 is 24.3 Å². The standard InChI is InChI=1S/C17H19ClN4O7/c18-8-4-22(17(27)20-15(8)25)5-12-14(24)13(23)10(6-28-12)19-16(26)9-3-11(29-21-9)7-1-2-7/h3-4,7,10,12-14,23-24H,1-2,5-6H2,(H,19,26)(H,20,25,27)/t10-,12-,13+,14-/m1/s1. The molecular formula is C17H19ClN4O7. The topological polar surface area (TPSA) is 160 Å². The Hall–Kier alpha value is -2.47. The second-order valence-corrected chi connectivity index (χ2v) is 7.62. The highest BCUT2D eigenvalue weighted by atomic mass is 35.5. The van der Waals surface area contributed by atoms with Crippen LogP contribution in [0.1, 0.15) is 35.0 Å². The molecule has 4 rings (SSSR count). The molecule has 1 saturated carbocycles. The zero-order valence-electron chi connectivity index (χ0n) is 15.1. The summed E-state index contributed by atoms with van der Waals surface area (Å²) in [4.78, 5) is 37.6. The summed E-state index contributed by atoms with van der Waals surface area (Å²) in [5.74, 6) is 0.406. The van der Waals surface area contributed by atoms with Gasteiger partial charge in [-0.15, -0.1) is 0 Å². The molecule has 0 aromatic carbocycles. The molecule has 11 nitrogen and oxygen atoms in total. The summed E-state index contributed by atoms with van der Waals surface area (Å²) in [6, 6.07) is 0.681. The van der Waals surface area contributed by atoms with Crippen molar-refractivity contribution in [1.82, 2.24) is 20.0 Å². The van der Waals surface area contributed by atoms with E-state index in [4.69, 9.17) is 20.9 Å². The number of aromatic amines is 1. The fraction of sp³-hybridized carbons (Fsp3) is 0.529. The normalized spacial score (nSPS) is 27.0. The van der Waals surface area contributed by atoms with E-state index in [-0.39, 0.29) is 23.9 Å². The van der Waals surface area contributed by atoms with Gasteiger partial charge >= 0.3 is 5.69 Å². The van der Waals surface area contributed by atoms with E-state index in [1.54, 1.807) is 6.07 Å². The van der Waals surface area contributed by atoms with Crippen LogP contribution in [0.4, 0.5) is 0 Å². The van der Waals surface area contributed by atoms with Crippen molar-refractivity contribution in [3.63, 3.8) is 0 Å². The minimum Gasteiger partial charge on any atom is -0.388 e. The third-order valence-electron chi connectivity index (χ3n) is 5.03. The van der Waals surface area contributed by atoms with Crippen LogP contribution in [0.5, 0.6) is 0 Å². The van der Waals surface area contributed by atoms with E-state index in [0.29, 0.717) is 11.7 Å². The van der Waals surface area contributed by atoms with Gasteiger partial charge in [-0.25, -0.2) is 4.79 Å². The molecule has 0 spiro atoms. The Morgan fingerprint density at radius 3 is 2.83 bits per heavy atom. The Bertz CT molecular complexity index is 1030. The number of hydrogen-bond acceptors (Lipinski definition) is 8. The predicted octanol–water partition coefficient (Wildman–Crippen LogP) is -1.03. The quantitative estimate of drug-likeness (QED) is 0.472. The average molecular weight is 427 g/mol. The molecule has 29 heavy (non-hydrogen) atoms. The van der Waals surface area contributed by atoms with Gasteiger partial charge in [0.2, 0.25) is 0 Å². The lowest BCUT2D eigenvalue weighted by molar-refractivity contribution is -0.152. The Morgan fingerprint density at radius 1 is 1.34 bits per heavy atom. The van der Waals surface area contributed by atoms with Crippen LogP contribution in [0.15, 0.2) is 26.4 Å². The van der Waals surface area contributed by atoms with Gasteiger partial charge in [0.1, 0.15) is 29.1 Å². The van der Waals surface area contributed by atoms with Gasteiger partial charge in [-0.2, -0.15) is 0 Å². The number of nitrogens with zero attached hydrogens (tertiary/aromatic N) is 2. The van der Waals surface area contributed by atoms with Crippen LogP contribution in [0, 0.1) is 0 Å². The minimum atomic E-state index is -1.40. The van der Waals surface area contributed by atoms with Crippen molar-refractivity contribution >= 4 is 17.5 Å². The van der Waals surface area contributed by atoms with Crippen molar-refractivity contribution in [2.75, 3.05) is 6.61 Å². The van der Waals surface area contributed by atoms with Crippen LogP contribution in [0.2, 0.25) is 5.02 Å². The number of aromatic nitrogens is 3. The molecule has 0 bridgehead atoms. The highest BCUT2D eigenvalue weighted by molar-refractivity contribution is 6.30. The molecule has 2 aromatic rings. The lowest BCUT2D eigenvalue weighted by atomic mass is 9.97. The van der Waals surface area contributed by atoms with Gasteiger partial charge in [-0.1, -0.05) is 16.8 Å². The van der Waals surface area contributed by atoms with Gasteiger partial charge in [0.05, 0.1) is 19.2 Å². The number of ether oxygens (including phenoxy) is 1. The molecule has 1 aliphatic heterocycles.